The molecule has 0 saturated carbocycles. The first kappa shape index (κ1) is 33.5. The summed E-state index contributed by atoms with van der Waals surface area (Å²) in [6, 6.07) is 15.2. The number of sulfonamides is 1. The molecule has 1 aliphatic heterocycles. The third-order valence-corrected chi connectivity index (χ3v) is 9.56. The van der Waals surface area contributed by atoms with Crippen LogP contribution in [0.3, 0.4) is 0 Å². The van der Waals surface area contributed by atoms with Gasteiger partial charge < -0.3 is 20.2 Å². The minimum atomic E-state index is -5.08. The number of benzene rings is 2. The highest BCUT2D eigenvalue weighted by Gasteiger charge is 2.38. The van der Waals surface area contributed by atoms with E-state index in [9.17, 15) is 31.2 Å². The number of nitrogens with two attached hydrogens (primary N) is 1. The molecule has 2 aromatic heterocycles. The van der Waals surface area contributed by atoms with E-state index in [1.165, 1.54) is 6.26 Å². The number of aromatic amines is 1. The molecule has 3 heterocycles. The average molecular weight is 648 g/mol. The summed E-state index contributed by atoms with van der Waals surface area (Å²) in [6.45, 7) is 2.63. The fourth-order valence-electron chi connectivity index (χ4n) is 5.30. The van der Waals surface area contributed by atoms with Crippen molar-refractivity contribution >= 4 is 38.6 Å². The van der Waals surface area contributed by atoms with Gasteiger partial charge in [0.2, 0.25) is 10.0 Å². The Bertz CT molecular complexity index is 1790. The number of carbonyl (C=O) groups is 3. The fourth-order valence-corrected chi connectivity index (χ4v) is 6.44. The third-order valence-electron chi connectivity index (χ3n) is 7.68. The lowest BCUT2D eigenvalue weighted by molar-refractivity contribution is -0.192. The molecular weight excluding hydrogens is 615 g/mol. The van der Waals surface area contributed by atoms with E-state index < -0.39 is 28.1 Å². The number of fused-ring (bicyclic) bond motifs is 1. The number of primary amides is 1. The highest BCUT2D eigenvalue weighted by molar-refractivity contribution is 7.89. The number of furan rings is 1. The molecule has 0 unspecified atom stereocenters. The largest absolute Gasteiger partial charge is 0.490 e. The van der Waals surface area contributed by atoms with Crippen LogP contribution < -0.4 is 5.73 Å². The van der Waals surface area contributed by atoms with Crippen LogP contribution in [0.1, 0.15) is 64.1 Å². The molecular formula is C31H32F3N3O7S. The van der Waals surface area contributed by atoms with Gasteiger partial charge in [0.05, 0.1) is 23.1 Å². The number of hydrogen-bond acceptors (Lipinski definition) is 6. The molecule has 0 aliphatic carbocycles. The number of carbonyl (C=O) groups excluding carboxylic acids is 2. The molecule has 45 heavy (non-hydrogen) atoms. The second kappa shape index (κ2) is 13.7. The molecule has 1 amide bonds. The van der Waals surface area contributed by atoms with Crippen molar-refractivity contribution in [2.24, 2.45) is 5.73 Å². The summed E-state index contributed by atoms with van der Waals surface area (Å²) in [7, 11) is -3.21. The van der Waals surface area contributed by atoms with Crippen molar-refractivity contribution in [3.05, 3.63) is 83.4 Å². The predicted molar refractivity (Wildman–Crippen MR) is 160 cm³/mol. The van der Waals surface area contributed by atoms with Crippen molar-refractivity contribution in [1.29, 1.82) is 0 Å². The van der Waals surface area contributed by atoms with Gasteiger partial charge in [-0.1, -0.05) is 24.3 Å². The number of aryl methyl sites for hydroxylation is 1. The van der Waals surface area contributed by atoms with Gasteiger partial charge in [0, 0.05) is 31.1 Å². The van der Waals surface area contributed by atoms with E-state index in [1.807, 2.05) is 30.5 Å². The van der Waals surface area contributed by atoms with Gasteiger partial charge in [-0.25, -0.2) is 17.5 Å². The normalized spacial score (nSPS) is 14.6. The van der Waals surface area contributed by atoms with Gasteiger partial charge in [-0.2, -0.15) is 13.2 Å². The molecule has 1 aliphatic rings. The summed E-state index contributed by atoms with van der Waals surface area (Å²) >= 11 is 0. The maximum atomic E-state index is 12.4. The number of nitrogens with one attached hydrogen (secondary N) is 1. The van der Waals surface area contributed by atoms with Gasteiger partial charge in [-0.05, 0) is 78.6 Å². The Morgan fingerprint density at radius 2 is 1.76 bits per heavy atom. The lowest BCUT2D eigenvalue weighted by Crippen LogP contribution is -2.38. The lowest BCUT2D eigenvalue weighted by Gasteiger charge is -2.31. The molecule has 0 bridgehead atoms. The molecule has 14 heteroatoms. The minimum absolute atomic E-state index is 0.0485. The molecule has 0 radical (unpaired) electrons. The highest BCUT2D eigenvalue weighted by atomic mass is 32.2. The Hall–Kier alpha value is -4.43. The number of carboxylic acids is 1. The zero-order valence-electron chi connectivity index (χ0n) is 24.3. The maximum Gasteiger partial charge on any atom is 0.490 e. The van der Waals surface area contributed by atoms with Crippen LogP contribution in [0.5, 0.6) is 0 Å². The first-order chi connectivity index (χ1) is 21.2. The molecule has 4 aromatic rings. The number of ketones is 1. The summed E-state index contributed by atoms with van der Waals surface area (Å²) in [6.07, 6.45) is 0.644. The number of halogens is 3. The maximum absolute atomic E-state index is 12.4. The lowest BCUT2D eigenvalue weighted by atomic mass is 9.88. The number of rotatable bonds is 9. The van der Waals surface area contributed by atoms with E-state index in [-0.39, 0.29) is 17.5 Å². The Labute approximate surface area is 257 Å². The molecule has 0 spiro atoms. The number of Topliss-reactive ketones (excluding diaryl/α,β-unsaturated/α-hetero) is 1. The van der Waals surface area contributed by atoms with E-state index in [0.29, 0.717) is 55.6 Å². The van der Waals surface area contributed by atoms with Gasteiger partial charge in [-0.3, -0.25) is 9.59 Å². The van der Waals surface area contributed by atoms with Crippen LogP contribution in [0, 0.1) is 0 Å². The third kappa shape index (κ3) is 8.00. The molecule has 240 valence electrons. The van der Waals surface area contributed by atoms with Crippen LogP contribution in [0.4, 0.5) is 13.2 Å². The molecule has 1 fully saturated rings. The second-order valence-corrected chi connectivity index (χ2v) is 12.8. The first-order valence-corrected chi connectivity index (χ1v) is 15.7. The molecule has 0 atom stereocenters. The summed E-state index contributed by atoms with van der Waals surface area (Å²) in [5.41, 5.74) is 10.7. The monoisotopic (exact) mass is 647 g/mol. The summed E-state index contributed by atoms with van der Waals surface area (Å²) in [5, 5.41) is 8.05. The Kier molecular flexibility index (Phi) is 10.2. The number of nitrogens with zero attached hydrogens (tertiary/aromatic N) is 1. The van der Waals surface area contributed by atoms with Crippen LogP contribution >= 0.6 is 0 Å². The van der Waals surface area contributed by atoms with Crippen molar-refractivity contribution in [2.45, 2.75) is 44.7 Å². The number of alkyl halides is 3. The van der Waals surface area contributed by atoms with Gasteiger partial charge in [0.1, 0.15) is 0 Å². The van der Waals surface area contributed by atoms with E-state index in [2.05, 4.69) is 11.1 Å². The van der Waals surface area contributed by atoms with Gasteiger partial charge in [0.25, 0.3) is 5.91 Å². The highest BCUT2D eigenvalue weighted by Crippen LogP contribution is 2.37. The van der Waals surface area contributed by atoms with Crippen molar-refractivity contribution in [2.75, 3.05) is 18.8 Å². The Morgan fingerprint density at radius 1 is 1.07 bits per heavy atom. The number of aromatic nitrogens is 1. The molecule has 10 nitrogen and oxygen atoms in total. The zero-order chi connectivity index (χ0) is 32.9. The van der Waals surface area contributed by atoms with Gasteiger partial charge in [-0.15, -0.1) is 0 Å². The van der Waals surface area contributed by atoms with E-state index in [1.54, 1.807) is 29.4 Å². The van der Waals surface area contributed by atoms with Crippen LogP contribution in [0.25, 0.3) is 22.0 Å². The topological polar surface area (TPSA) is 164 Å². The average Bonchev–Trinajstić information content (AvgIpc) is 3.70. The van der Waals surface area contributed by atoms with Crippen molar-refractivity contribution in [1.82, 2.24) is 9.29 Å². The smallest absolute Gasteiger partial charge is 0.475 e. The van der Waals surface area contributed by atoms with Crippen LogP contribution in [0.15, 0.2) is 65.4 Å². The number of aliphatic carboxylic acids is 1. The minimum Gasteiger partial charge on any atom is -0.475 e. The number of carboxylic acid groups (broad SMARTS) is 1. The zero-order valence-corrected chi connectivity index (χ0v) is 25.1. The molecule has 2 aromatic carbocycles. The Balaban J connectivity index is 0.000000591. The predicted octanol–water partition coefficient (Wildman–Crippen LogP) is 5.50. The van der Waals surface area contributed by atoms with Crippen molar-refractivity contribution in [3.63, 3.8) is 0 Å². The van der Waals surface area contributed by atoms with E-state index >= 15 is 0 Å². The van der Waals surface area contributed by atoms with E-state index in [0.717, 1.165) is 27.6 Å². The van der Waals surface area contributed by atoms with Crippen LogP contribution in [0.2, 0.25) is 0 Å². The molecule has 4 N–H and O–H groups in total. The Morgan fingerprint density at radius 3 is 2.33 bits per heavy atom. The SMILES string of the molecule is CCS(=O)(=O)N1CCC(c2c[nH]c3c(C(N)=O)cc(-c4cccc(CCC(=O)c5ccco5)c4)cc23)CC1.O=C(O)C(F)(F)F. The van der Waals surface area contributed by atoms with Crippen molar-refractivity contribution < 1.29 is 45.5 Å². The molecule has 1 saturated heterocycles. The first-order valence-electron chi connectivity index (χ1n) is 14.1. The number of piperidine rings is 1. The number of amides is 1. The van der Waals surface area contributed by atoms with Gasteiger partial charge >= 0.3 is 12.1 Å². The van der Waals surface area contributed by atoms with Gasteiger partial charge in [0.15, 0.2) is 11.5 Å². The standard InChI is InChI=1S/C29H31N3O5S.C2HF3O2/c1-2-38(35,36)32-12-10-20(11-13-32)25-18-31-28-23(25)16-22(17-24(28)29(30)34)21-6-3-5-19(15-21)8-9-26(33)27-7-4-14-37-27;3-2(4,5)1(6)7/h3-7,14-18,20,31H,2,8-13H2,1H3,(H2,30,34);(H,6,7). The fraction of sp³-hybridized carbons (Fsp3) is 0.323. The number of H-pyrrole nitrogens is 1. The molecule has 5 rings (SSSR count). The summed E-state index contributed by atoms with van der Waals surface area (Å²) in [5.74, 6) is -2.70. The summed E-state index contributed by atoms with van der Waals surface area (Å²) in [4.78, 5) is 36.9. The number of hydrogen-bond donors (Lipinski definition) is 3. The van der Waals surface area contributed by atoms with Crippen LogP contribution in [-0.2, 0) is 21.2 Å². The summed E-state index contributed by atoms with van der Waals surface area (Å²) < 4.78 is 63.1. The quantitative estimate of drug-likeness (QED) is 0.202. The van der Waals surface area contributed by atoms with E-state index in [4.69, 9.17) is 20.1 Å². The van der Waals surface area contributed by atoms with Crippen LogP contribution in [-0.4, -0.2) is 65.5 Å². The second-order valence-electron chi connectivity index (χ2n) is 10.5. The van der Waals surface area contributed by atoms with Crippen molar-refractivity contribution in [3.8, 4) is 11.1 Å².